The van der Waals surface area contributed by atoms with Crippen LogP contribution in [0.5, 0.6) is 5.75 Å². The molecular weight excluding hydrogens is 247 g/mol. The standard InChI is InChI=1S/C12H14F3NO2/c1-17-9-4-2-8-3-5-11(10(8)6-9)16-18-7-12(13,14)15/h2,4,6,11,16H,3,5,7H2,1H3. The average Bonchev–Trinajstić information content (AvgIpc) is 2.70. The van der Waals surface area contributed by atoms with Gasteiger partial charge in [0.2, 0.25) is 0 Å². The number of nitrogens with one attached hydrogen (secondary N) is 1. The summed E-state index contributed by atoms with van der Waals surface area (Å²) in [5, 5.41) is 0. The van der Waals surface area contributed by atoms with E-state index in [4.69, 9.17) is 4.74 Å². The van der Waals surface area contributed by atoms with E-state index in [2.05, 4.69) is 10.3 Å². The first-order valence-corrected chi connectivity index (χ1v) is 5.60. The summed E-state index contributed by atoms with van der Waals surface area (Å²) in [4.78, 5) is 4.50. The minimum atomic E-state index is -4.32. The van der Waals surface area contributed by atoms with Gasteiger partial charge in [-0.1, -0.05) is 6.07 Å². The number of hydroxylamine groups is 1. The largest absolute Gasteiger partial charge is 0.497 e. The molecule has 3 nitrogen and oxygen atoms in total. The molecule has 0 heterocycles. The van der Waals surface area contributed by atoms with Crippen molar-refractivity contribution in [1.82, 2.24) is 5.48 Å². The number of hydrogen-bond acceptors (Lipinski definition) is 3. The Labute approximate surface area is 103 Å². The van der Waals surface area contributed by atoms with E-state index in [1.54, 1.807) is 7.11 Å². The molecule has 0 bridgehead atoms. The molecule has 100 valence electrons. The number of fused-ring (bicyclic) bond motifs is 1. The Balaban J connectivity index is 1.98. The number of methoxy groups -OCH3 is 1. The van der Waals surface area contributed by atoms with Crippen LogP contribution in [0, 0.1) is 0 Å². The van der Waals surface area contributed by atoms with E-state index in [1.165, 1.54) is 0 Å². The van der Waals surface area contributed by atoms with Crippen LogP contribution < -0.4 is 10.2 Å². The van der Waals surface area contributed by atoms with E-state index in [1.807, 2.05) is 18.2 Å². The van der Waals surface area contributed by atoms with Crippen LogP contribution >= 0.6 is 0 Å². The Kier molecular flexibility index (Phi) is 3.77. The highest BCUT2D eigenvalue weighted by molar-refractivity contribution is 5.40. The third kappa shape index (κ3) is 3.14. The van der Waals surface area contributed by atoms with Crippen molar-refractivity contribution in [2.45, 2.75) is 25.1 Å². The van der Waals surface area contributed by atoms with Gasteiger partial charge in [0.1, 0.15) is 5.75 Å². The summed E-state index contributed by atoms with van der Waals surface area (Å²) in [5.41, 5.74) is 4.53. The lowest BCUT2D eigenvalue weighted by molar-refractivity contribution is -0.193. The molecule has 0 spiro atoms. The molecule has 1 aromatic rings. The van der Waals surface area contributed by atoms with Crippen molar-refractivity contribution in [3.05, 3.63) is 29.3 Å². The second kappa shape index (κ2) is 5.16. The van der Waals surface area contributed by atoms with Gasteiger partial charge in [-0.05, 0) is 36.1 Å². The fourth-order valence-electron chi connectivity index (χ4n) is 2.05. The first kappa shape index (κ1) is 13.2. The molecule has 1 N–H and O–H groups in total. The molecule has 1 aliphatic rings. The number of ether oxygens (including phenoxy) is 1. The number of aryl methyl sites for hydroxylation is 1. The predicted molar refractivity (Wildman–Crippen MR) is 59.2 cm³/mol. The topological polar surface area (TPSA) is 30.5 Å². The lowest BCUT2D eigenvalue weighted by Gasteiger charge is -2.15. The van der Waals surface area contributed by atoms with Crippen LogP contribution in [0.15, 0.2) is 18.2 Å². The highest BCUT2D eigenvalue weighted by Crippen LogP contribution is 2.33. The fraction of sp³-hybridized carbons (Fsp3) is 0.500. The molecule has 18 heavy (non-hydrogen) atoms. The number of rotatable bonds is 4. The second-order valence-corrected chi connectivity index (χ2v) is 4.18. The third-order valence-corrected chi connectivity index (χ3v) is 2.89. The molecule has 0 amide bonds. The minimum Gasteiger partial charge on any atom is -0.497 e. The van der Waals surface area contributed by atoms with Crippen LogP contribution in [0.1, 0.15) is 23.6 Å². The Morgan fingerprint density at radius 2 is 2.17 bits per heavy atom. The van der Waals surface area contributed by atoms with Gasteiger partial charge in [-0.3, -0.25) is 4.84 Å². The molecule has 0 saturated carbocycles. The van der Waals surface area contributed by atoms with Gasteiger partial charge in [-0.2, -0.15) is 18.7 Å². The molecule has 1 aliphatic carbocycles. The summed E-state index contributed by atoms with van der Waals surface area (Å²) in [6.07, 6.45) is -2.77. The summed E-state index contributed by atoms with van der Waals surface area (Å²) in [6, 6.07) is 5.39. The van der Waals surface area contributed by atoms with Crippen molar-refractivity contribution in [1.29, 1.82) is 0 Å². The number of alkyl halides is 3. The Bertz CT molecular complexity index is 420. The molecule has 6 heteroatoms. The van der Waals surface area contributed by atoms with Crippen LogP contribution in [-0.2, 0) is 11.3 Å². The van der Waals surface area contributed by atoms with Gasteiger partial charge in [0, 0.05) is 0 Å². The van der Waals surface area contributed by atoms with E-state index in [0.717, 1.165) is 24.0 Å². The van der Waals surface area contributed by atoms with Gasteiger partial charge in [-0.25, -0.2) is 0 Å². The lowest BCUT2D eigenvalue weighted by Crippen LogP contribution is -2.27. The summed E-state index contributed by atoms with van der Waals surface area (Å²) in [5.74, 6) is 0.693. The SMILES string of the molecule is COc1ccc2c(c1)C(NOCC(F)(F)F)CC2. The molecule has 0 aromatic heterocycles. The van der Waals surface area contributed by atoms with Crippen molar-refractivity contribution < 1.29 is 22.7 Å². The van der Waals surface area contributed by atoms with Gasteiger partial charge in [0.05, 0.1) is 13.2 Å². The maximum Gasteiger partial charge on any atom is 0.413 e. The summed E-state index contributed by atoms with van der Waals surface area (Å²) in [6.45, 7) is -1.29. The molecule has 2 rings (SSSR count). The molecule has 0 aliphatic heterocycles. The van der Waals surface area contributed by atoms with Gasteiger partial charge >= 0.3 is 6.18 Å². The van der Waals surface area contributed by atoms with Crippen molar-refractivity contribution in [3.8, 4) is 5.75 Å². The second-order valence-electron chi connectivity index (χ2n) is 4.18. The maximum atomic E-state index is 12.0. The van der Waals surface area contributed by atoms with Gasteiger partial charge in [-0.15, -0.1) is 0 Å². The van der Waals surface area contributed by atoms with Gasteiger partial charge in [0.25, 0.3) is 0 Å². The van der Waals surface area contributed by atoms with Crippen molar-refractivity contribution >= 4 is 0 Å². The van der Waals surface area contributed by atoms with Gasteiger partial charge < -0.3 is 4.74 Å². The molecular formula is C12H14F3NO2. The fourth-order valence-corrected chi connectivity index (χ4v) is 2.05. The number of benzene rings is 1. The quantitative estimate of drug-likeness (QED) is 0.845. The van der Waals surface area contributed by atoms with Crippen LogP contribution in [-0.4, -0.2) is 19.9 Å². The highest BCUT2D eigenvalue weighted by atomic mass is 19.4. The number of halogens is 3. The summed E-state index contributed by atoms with van der Waals surface area (Å²) < 4.78 is 41.0. The Morgan fingerprint density at radius 3 is 2.83 bits per heavy atom. The predicted octanol–water partition coefficient (Wildman–Crippen LogP) is 2.77. The molecule has 0 saturated heterocycles. The Hall–Kier alpha value is -1.27. The summed E-state index contributed by atoms with van der Waals surface area (Å²) >= 11 is 0. The molecule has 1 atom stereocenters. The summed E-state index contributed by atoms with van der Waals surface area (Å²) in [7, 11) is 1.55. The smallest absolute Gasteiger partial charge is 0.413 e. The van der Waals surface area contributed by atoms with E-state index in [9.17, 15) is 13.2 Å². The zero-order chi connectivity index (χ0) is 13.2. The van der Waals surface area contributed by atoms with E-state index < -0.39 is 12.8 Å². The van der Waals surface area contributed by atoms with Crippen LogP contribution in [0.3, 0.4) is 0 Å². The zero-order valence-corrected chi connectivity index (χ0v) is 9.88. The maximum absolute atomic E-state index is 12.0. The van der Waals surface area contributed by atoms with Crippen molar-refractivity contribution in [2.75, 3.05) is 13.7 Å². The molecule has 0 fully saturated rings. The van der Waals surface area contributed by atoms with E-state index >= 15 is 0 Å². The van der Waals surface area contributed by atoms with E-state index in [0.29, 0.717) is 5.75 Å². The highest BCUT2D eigenvalue weighted by Gasteiger charge is 2.29. The van der Waals surface area contributed by atoms with Crippen LogP contribution in [0.25, 0.3) is 0 Å². The molecule has 0 radical (unpaired) electrons. The monoisotopic (exact) mass is 261 g/mol. The lowest BCUT2D eigenvalue weighted by atomic mass is 10.1. The third-order valence-electron chi connectivity index (χ3n) is 2.89. The minimum absolute atomic E-state index is 0.211. The molecule has 1 unspecified atom stereocenters. The first-order valence-electron chi connectivity index (χ1n) is 5.60. The number of hydrogen-bond donors (Lipinski definition) is 1. The van der Waals surface area contributed by atoms with Crippen molar-refractivity contribution in [3.63, 3.8) is 0 Å². The van der Waals surface area contributed by atoms with E-state index in [-0.39, 0.29) is 6.04 Å². The van der Waals surface area contributed by atoms with Crippen LogP contribution in [0.2, 0.25) is 0 Å². The van der Waals surface area contributed by atoms with Crippen LogP contribution in [0.4, 0.5) is 13.2 Å². The average molecular weight is 261 g/mol. The first-order chi connectivity index (χ1) is 8.49. The Morgan fingerprint density at radius 1 is 1.39 bits per heavy atom. The molecule has 1 aromatic carbocycles. The van der Waals surface area contributed by atoms with Crippen molar-refractivity contribution in [2.24, 2.45) is 0 Å². The van der Waals surface area contributed by atoms with Gasteiger partial charge in [0.15, 0.2) is 6.61 Å². The normalized spacial score (nSPS) is 18.8. The zero-order valence-electron chi connectivity index (χ0n) is 9.88.